The van der Waals surface area contributed by atoms with E-state index in [2.05, 4.69) is 34.0 Å². The number of ether oxygens (including phenoxy) is 2. The first-order valence-electron chi connectivity index (χ1n) is 10.2. The Morgan fingerprint density at radius 1 is 1.10 bits per heavy atom. The van der Waals surface area contributed by atoms with E-state index in [4.69, 9.17) is 9.47 Å². The molecule has 0 radical (unpaired) electrons. The number of carbonyl (C=O) groups is 1. The molecule has 1 N–H and O–H groups in total. The molecule has 0 bridgehead atoms. The fraction of sp³-hybridized carbons (Fsp3) is 0.500. The molecule has 0 unspecified atom stereocenters. The summed E-state index contributed by atoms with van der Waals surface area (Å²) >= 11 is 0. The van der Waals surface area contributed by atoms with Crippen LogP contribution in [0.3, 0.4) is 0 Å². The van der Waals surface area contributed by atoms with Crippen LogP contribution in [-0.2, 0) is 9.47 Å². The van der Waals surface area contributed by atoms with Crippen LogP contribution in [0.4, 0.5) is 11.6 Å². The van der Waals surface area contributed by atoms with E-state index in [9.17, 15) is 4.79 Å². The van der Waals surface area contributed by atoms with E-state index in [1.807, 2.05) is 31.2 Å². The summed E-state index contributed by atoms with van der Waals surface area (Å²) in [7, 11) is 0. The zero-order valence-electron chi connectivity index (χ0n) is 17.3. The average Bonchev–Trinajstić information content (AvgIpc) is 3.16. The van der Waals surface area contributed by atoms with Gasteiger partial charge in [-0.3, -0.25) is 4.79 Å². The fourth-order valence-electron chi connectivity index (χ4n) is 3.79. The van der Waals surface area contributed by atoms with Gasteiger partial charge in [-0.2, -0.15) is 0 Å². The smallest absolute Gasteiger partial charge is 0.274 e. The number of carbonyl (C=O) groups excluding carboxylic acids is 1. The van der Waals surface area contributed by atoms with Gasteiger partial charge in [0.15, 0.2) is 5.79 Å². The van der Waals surface area contributed by atoms with E-state index in [0.29, 0.717) is 30.8 Å². The monoisotopic (exact) mass is 396 g/mol. The molecule has 3 heterocycles. The highest BCUT2D eigenvalue weighted by Gasteiger charge is 2.40. The molecule has 4 rings (SSSR count). The van der Waals surface area contributed by atoms with Crippen molar-refractivity contribution in [2.24, 2.45) is 0 Å². The molecule has 7 heteroatoms. The van der Waals surface area contributed by atoms with Crippen molar-refractivity contribution in [3.8, 4) is 0 Å². The number of anilines is 2. The fourth-order valence-corrected chi connectivity index (χ4v) is 3.79. The van der Waals surface area contributed by atoms with Gasteiger partial charge in [-0.25, -0.2) is 9.97 Å². The first-order valence-corrected chi connectivity index (χ1v) is 10.2. The number of piperidine rings is 1. The molecule has 0 saturated carbocycles. The normalized spacial score (nSPS) is 18.4. The van der Waals surface area contributed by atoms with Gasteiger partial charge in [0.25, 0.3) is 5.91 Å². The summed E-state index contributed by atoms with van der Waals surface area (Å²) in [4.78, 5) is 23.9. The summed E-state index contributed by atoms with van der Waals surface area (Å²) in [6.07, 6.45) is 1.54. The minimum Gasteiger partial charge on any atom is -0.347 e. The number of amides is 1. The Balaban J connectivity index is 1.45. The number of aryl methyl sites for hydroxylation is 1. The summed E-state index contributed by atoms with van der Waals surface area (Å²) in [6.45, 7) is 8.96. The van der Waals surface area contributed by atoms with Gasteiger partial charge in [-0.15, -0.1) is 0 Å². The third-order valence-corrected chi connectivity index (χ3v) is 5.53. The van der Waals surface area contributed by atoms with Gasteiger partial charge in [-0.05, 0) is 36.6 Å². The van der Waals surface area contributed by atoms with Crippen molar-refractivity contribution in [3.05, 3.63) is 47.3 Å². The van der Waals surface area contributed by atoms with Crippen LogP contribution in [0.25, 0.3) is 0 Å². The van der Waals surface area contributed by atoms with Crippen LogP contribution in [0.2, 0.25) is 0 Å². The number of hydrogen-bond acceptors (Lipinski definition) is 6. The second kappa shape index (κ2) is 8.08. The molecule has 1 amide bonds. The molecule has 29 heavy (non-hydrogen) atoms. The van der Waals surface area contributed by atoms with Crippen LogP contribution >= 0.6 is 0 Å². The summed E-state index contributed by atoms with van der Waals surface area (Å²) < 4.78 is 11.6. The van der Waals surface area contributed by atoms with Gasteiger partial charge in [0.1, 0.15) is 5.69 Å². The van der Waals surface area contributed by atoms with E-state index in [0.717, 1.165) is 37.3 Å². The van der Waals surface area contributed by atoms with Crippen molar-refractivity contribution in [3.63, 3.8) is 0 Å². The molecule has 1 aromatic heterocycles. The molecule has 2 aliphatic rings. The van der Waals surface area contributed by atoms with Crippen molar-refractivity contribution >= 4 is 17.5 Å². The number of hydrogen-bond donors (Lipinski definition) is 1. The van der Waals surface area contributed by atoms with Crippen LogP contribution in [-0.4, -0.2) is 48.0 Å². The van der Waals surface area contributed by atoms with Crippen molar-refractivity contribution < 1.29 is 14.3 Å². The summed E-state index contributed by atoms with van der Waals surface area (Å²) in [6, 6.07) is 9.64. The number of rotatable bonds is 4. The Kier molecular flexibility index (Phi) is 5.52. The maximum absolute atomic E-state index is 12.8. The molecule has 2 aliphatic heterocycles. The largest absolute Gasteiger partial charge is 0.347 e. The van der Waals surface area contributed by atoms with Gasteiger partial charge < -0.3 is 19.7 Å². The molecular weight excluding hydrogens is 368 g/mol. The second-order valence-electron chi connectivity index (χ2n) is 8.02. The van der Waals surface area contributed by atoms with Crippen molar-refractivity contribution in [1.29, 1.82) is 0 Å². The van der Waals surface area contributed by atoms with Gasteiger partial charge in [0, 0.05) is 37.3 Å². The Morgan fingerprint density at radius 3 is 2.38 bits per heavy atom. The molecule has 1 aromatic carbocycles. The van der Waals surface area contributed by atoms with Crippen LogP contribution in [0, 0.1) is 6.92 Å². The topological polar surface area (TPSA) is 76.6 Å². The predicted molar refractivity (Wildman–Crippen MR) is 111 cm³/mol. The van der Waals surface area contributed by atoms with Crippen molar-refractivity contribution in [1.82, 2.24) is 9.97 Å². The quantitative estimate of drug-likeness (QED) is 0.852. The lowest BCUT2D eigenvalue weighted by atomic mass is 10.0. The predicted octanol–water partition coefficient (Wildman–Crippen LogP) is 3.50. The van der Waals surface area contributed by atoms with E-state index in [-0.39, 0.29) is 5.91 Å². The first kappa shape index (κ1) is 19.8. The van der Waals surface area contributed by atoms with Crippen LogP contribution in [0.1, 0.15) is 54.4 Å². The third-order valence-electron chi connectivity index (χ3n) is 5.53. The highest BCUT2D eigenvalue weighted by molar-refractivity contribution is 6.03. The van der Waals surface area contributed by atoms with Gasteiger partial charge >= 0.3 is 0 Å². The first-order chi connectivity index (χ1) is 13.9. The average molecular weight is 396 g/mol. The molecule has 2 saturated heterocycles. The summed E-state index contributed by atoms with van der Waals surface area (Å²) in [5, 5.41) is 2.93. The van der Waals surface area contributed by atoms with Gasteiger partial charge in [-0.1, -0.05) is 26.0 Å². The number of benzene rings is 1. The van der Waals surface area contributed by atoms with Crippen LogP contribution in [0.15, 0.2) is 30.3 Å². The molecule has 154 valence electrons. The number of nitrogens with one attached hydrogen (secondary N) is 1. The van der Waals surface area contributed by atoms with E-state index in [1.165, 1.54) is 5.56 Å². The lowest BCUT2D eigenvalue weighted by Crippen LogP contribution is -2.45. The van der Waals surface area contributed by atoms with Crippen LogP contribution in [0.5, 0.6) is 0 Å². The molecule has 2 aromatic rings. The van der Waals surface area contributed by atoms with E-state index < -0.39 is 5.79 Å². The Morgan fingerprint density at radius 2 is 1.76 bits per heavy atom. The van der Waals surface area contributed by atoms with Crippen molar-refractivity contribution in [2.45, 2.75) is 45.3 Å². The highest BCUT2D eigenvalue weighted by atomic mass is 16.7. The molecule has 1 spiro atoms. The molecule has 0 atom stereocenters. The standard InChI is InChI=1S/C22H28N4O3/c1-15(2)17-4-6-18(7-5-17)24-20(27)19-14-16(3)23-21(25-19)26-10-8-22(9-11-26)28-12-13-29-22/h4-7,14-15H,8-13H2,1-3H3,(H,24,27). The Labute approximate surface area is 171 Å². The number of aromatic nitrogens is 2. The van der Waals surface area contributed by atoms with Crippen molar-refractivity contribution in [2.75, 3.05) is 36.5 Å². The summed E-state index contributed by atoms with van der Waals surface area (Å²) in [5.41, 5.74) is 3.13. The van der Waals surface area contributed by atoms with E-state index >= 15 is 0 Å². The molecular formula is C22H28N4O3. The van der Waals surface area contributed by atoms with Crippen LogP contribution < -0.4 is 10.2 Å². The zero-order chi connectivity index (χ0) is 20.4. The second-order valence-corrected chi connectivity index (χ2v) is 8.02. The minimum absolute atomic E-state index is 0.231. The van der Waals surface area contributed by atoms with Gasteiger partial charge in [0.2, 0.25) is 5.95 Å². The SMILES string of the molecule is Cc1cc(C(=O)Nc2ccc(C(C)C)cc2)nc(N2CCC3(CC2)OCCO3)n1. The number of nitrogens with zero attached hydrogens (tertiary/aromatic N) is 3. The lowest BCUT2D eigenvalue weighted by Gasteiger charge is -2.37. The zero-order valence-corrected chi connectivity index (χ0v) is 17.3. The lowest BCUT2D eigenvalue weighted by molar-refractivity contribution is -0.169. The molecule has 7 nitrogen and oxygen atoms in total. The van der Waals surface area contributed by atoms with Gasteiger partial charge in [0.05, 0.1) is 13.2 Å². The highest BCUT2D eigenvalue weighted by Crippen LogP contribution is 2.32. The van der Waals surface area contributed by atoms with E-state index in [1.54, 1.807) is 6.07 Å². The third kappa shape index (κ3) is 4.41. The molecule has 2 fully saturated rings. The maximum Gasteiger partial charge on any atom is 0.274 e. The minimum atomic E-state index is -0.442. The maximum atomic E-state index is 12.8. The Hall–Kier alpha value is -2.51. The summed E-state index contributed by atoms with van der Waals surface area (Å²) in [5.74, 6) is 0.363. The Bertz CT molecular complexity index is 866. The molecule has 0 aliphatic carbocycles.